The van der Waals surface area contributed by atoms with Crippen molar-refractivity contribution in [2.75, 3.05) is 13.1 Å². The van der Waals surface area contributed by atoms with Gasteiger partial charge in [-0.2, -0.15) is 0 Å². The van der Waals surface area contributed by atoms with Crippen molar-refractivity contribution in [3.8, 4) is 0 Å². The molecule has 0 saturated carbocycles. The lowest BCUT2D eigenvalue weighted by molar-refractivity contribution is -0.130. The Morgan fingerprint density at radius 3 is 1.58 bits per heavy atom. The molecule has 0 atom stereocenters. The lowest BCUT2D eigenvalue weighted by Gasteiger charge is -2.37. The SMILES string of the molecule is Cl.O=C1CN(C(c2ccccc2)c2ccccc2)C1. The topological polar surface area (TPSA) is 20.3 Å². The van der Waals surface area contributed by atoms with Gasteiger partial charge in [-0.1, -0.05) is 60.7 Å². The van der Waals surface area contributed by atoms with Crippen molar-refractivity contribution in [1.82, 2.24) is 4.90 Å². The van der Waals surface area contributed by atoms with Crippen LogP contribution in [0.15, 0.2) is 60.7 Å². The Balaban J connectivity index is 0.00000133. The van der Waals surface area contributed by atoms with Gasteiger partial charge in [-0.25, -0.2) is 0 Å². The second-order valence-electron chi connectivity index (χ2n) is 4.67. The second kappa shape index (κ2) is 6.00. The standard InChI is InChI=1S/C16H15NO.ClH/c18-15-11-17(12-15)16(13-7-3-1-4-8-13)14-9-5-2-6-10-14;/h1-10,16H,11-12H2;1H. The molecule has 0 radical (unpaired) electrons. The minimum atomic E-state index is 0. The van der Waals surface area contributed by atoms with E-state index in [1.54, 1.807) is 0 Å². The highest BCUT2D eigenvalue weighted by Crippen LogP contribution is 2.30. The van der Waals surface area contributed by atoms with Gasteiger partial charge in [0, 0.05) is 0 Å². The average molecular weight is 274 g/mol. The van der Waals surface area contributed by atoms with Crippen LogP contribution in [0.2, 0.25) is 0 Å². The summed E-state index contributed by atoms with van der Waals surface area (Å²) in [5.41, 5.74) is 2.49. The Bertz CT molecular complexity index is 494. The zero-order valence-corrected chi connectivity index (χ0v) is 11.3. The molecule has 2 aromatic carbocycles. The molecule has 19 heavy (non-hydrogen) atoms. The summed E-state index contributed by atoms with van der Waals surface area (Å²) in [6.07, 6.45) is 0. The normalized spacial score (nSPS) is 14.9. The van der Waals surface area contributed by atoms with Crippen LogP contribution in [-0.4, -0.2) is 23.8 Å². The molecular weight excluding hydrogens is 258 g/mol. The van der Waals surface area contributed by atoms with Crippen molar-refractivity contribution >= 4 is 18.2 Å². The number of nitrogens with zero attached hydrogens (tertiary/aromatic N) is 1. The molecule has 0 amide bonds. The number of likely N-dealkylation sites (tertiary alicyclic amines) is 1. The molecule has 0 bridgehead atoms. The fraction of sp³-hybridized carbons (Fsp3) is 0.188. The Labute approximate surface area is 119 Å². The predicted molar refractivity (Wildman–Crippen MR) is 78.6 cm³/mol. The smallest absolute Gasteiger partial charge is 0.160 e. The molecule has 1 fully saturated rings. The van der Waals surface area contributed by atoms with Gasteiger partial charge in [-0.05, 0) is 11.1 Å². The van der Waals surface area contributed by atoms with Crippen LogP contribution in [0.1, 0.15) is 17.2 Å². The number of hydrogen-bond acceptors (Lipinski definition) is 2. The summed E-state index contributed by atoms with van der Waals surface area (Å²) in [5.74, 6) is 0.326. The van der Waals surface area contributed by atoms with E-state index in [4.69, 9.17) is 0 Å². The lowest BCUT2D eigenvalue weighted by atomic mass is 9.94. The maximum Gasteiger partial charge on any atom is 0.160 e. The van der Waals surface area contributed by atoms with Crippen LogP contribution in [0.5, 0.6) is 0 Å². The number of carbonyl (C=O) groups excluding carboxylic acids is 1. The number of benzene rings is 2. The van der Waals surface area contributed by atoms with Crippen LogP contribution in [0.3, 0.4) is 0 Å². The van der Waals surface area contributed by atoms with E-state index in [0.717, 1.165) is 0 Å². The summed E-state index contributed by atoms with van der Waals surface area (Å²) in [5, 5.41) is 0. The molecule has 3 rings (SSSR count). The molecule has 2 nitrogen and oxygen atoms in total. The van der Waals surface area contributed by atoms with Crippen molar-refractivity contribution in [1.29, 1.82) is 0 Å². The van der Waals surface area contributed by atoms with E-state index in [2.05, 4.69) is 29.2 Å². The van der Waals surface area contributed by atoms with Gasteiger partial charge in [0.05, 0.1) is 19.1 Å². The average Bonchev–Trinajstić information content (AvgIpc) is 2.40. The third-order valence-electron chi connectivity index (χ3n) is 3.35. The van der Waals surface area contributed by atoms with Gasteiger partial charge in [0.2, 0.25) is 0 Å². The van der Waals surface area contributed by atoms with E-state index in [9.17, 15) is 4.79 Å². The van der Waals surface area contributed by atoms with Crippen LogP contribution in [-0.2, 0) is 4.79 Å². The van der Waals surface area contributed by atoms with E-state index in [1.807, 2.05) is 36.4 Å². The molecule has 1 saturated heterocycles. The highest BCUT2D eigenvalue weighted by molar-refractivity contribution is 5.88. The van der Waals surface area contributed by atoms with Gasteiger partial charge >= 0.3 is 0 Å². The molecule has 1 aliphatic rings. The highest BCUT2D eigenvalue weighted by atomic mass is 35.5. The molecule has 1 heterocycles. The van der Waals surface area contributed by atoms with Gasteiger partial charge < -0.3 is 0 Å². The molecule has 98 valence electrons. The van der Waals surface area contributed by atoms with Crippen molar-refractivity contribution in [2.24, 2.45) is 0 Å². The highest BCUT2D eigenvalue weighted by Gasteiger charge is 2.32. The number of rotatable bonds is 3. The number of Topliss-reactive ketones (excluding diaryl/α,β-unsaturated/α-hetero) is 1. The van der Waals surface area contributed by atoms with Crippen molar-refractivity contribution < 1.29 is 4.79 Å². The first-order chi connectivity index (χ1) is 8.84. The lowest BCUT2D eigenvalue weighted by Crippen LogP contribution is -2.49. The molecule has 0 aromatic heterocycles. The quantitative estimate of drug-likeness (QED) is 0.857. The molecule has 0 N–H and O–H groups in total. The Kier molecular flexibility index (Phi) is 4.35. The van der Waals surface area contributed by atoms with E-state index < -0.39 is 0 Å². The molecule has 0 unspecified atom stereocenters. The van der Waals surface area contributed by atoms with Crippen LogP contribution in [0, 0.1) is 0 Å². The first-order valence-electron chi connectivity index (χ1n) is 6.20. The van der Waals surface area contributed by atoms with Gasteiger partial charge in [0.25, 0.3) is 0 Å². The number of carbonyl (C=O) groups is 1. The summed E-state index contributed by atoms with van der Waals surface area (Å²) in [6, 6.07) is 20.9. The Morgan fingerprint density at radius 1 is 0.789 bits per heavy atom. The van der Waals surface area contributed by atoms with Crippen LogP contribution >= 0.6 is 12.4 Å². The molecule has 0 spiro atoms. The van der Waals surface area contributed by atoms with Crippen LogP contribution in [0.4, 0.5) is 0 Å². The summed E-state index contributed by atoms with van der Waals surface area (Å²) < 4.78 is 0. The zero-order chi connectivity index (χ0) is 12.4. The first-order valence-corrected chi connectivity index (χ1v) is 6.20. The third-order valence-corrected chi connectivity index (χ3v) is 3.35. The summed E-state index contributed by atoms with van der Waals surface area (Å²) in [6.45, 7) is 1.13. The number of hydrogen-bond donors (Lipinski definition) is 0. The number of halogens is 1. The molecule has 3 heteroatoms. The minimum Gasteiger partial charge on any atom is -0.297 e. The third kappa shape index (κ3) is 2.86. The van der Waals surface area contributed by atoms with Crippen LogP contribution < -0.4 is 0 Å². The summed E-state index contributed by atoms with van der Waals surface area (Å²) >= 11 is 0. The molecule has 1 aliphatic heterocycles. The fourth-order valence-electron chi connectivity index (χ4n) is 2.47. The van der Waals surface area contributed by atoms with Gasteiger partial charge in [-0.3, -0.25) is 9.69 Å². The molecule has 0 aliphatic carbocycles. The number of ketones is 1. The predicted octanol–water partition coefficient (Wildman–Crippen LogP) is 3.08. The van der Waals surface area contributed by atoms with E-state index in [-0.39, 0.29) is 18.4 Å². The van der Waals surface area contributed by atoms with Crippen LogP contribution in [0.25, 0.3) is 0 Å². The Hall–Kier alpha value is -1.64. The maximum absolute atomic E-state index is 11.2. The van der Waals surface area contributed by atoms with Gasteiger partial charge in [0.1, 0.15) is 0 Å². The van der Waals surface area contributed by atoms with Crippen molar-refractivity contribution in [2.45, 2.75) is 6.04 Å². The van der Waals surface area contributed by atoms with Gasteiger partial charge in [0.15, 0.2) is 5.78 Å². The van der Waals surface area contributed by atoms with Crippen molar-refractivity contribution in [3.05, 3.63) is 71.8 Å². The maximum atomic E-state index is 11.2. The Morgan fingerprint density at radius 2 is 1.21 bits per heavy atom. The largest absolute Gasteiger partial charge is 0.297 e. The fourth-order valence-corrected chi connectivity index (χ4v) is 2.47. The minimum absolute atomic E-state index is 0. The first kappa shape index (κ1) is 13.8. The summed E-state index contributed by atoms with van der Waals surface area (Å²) in [7, 11) is 0. The van der Waals surface area contributed by atoms with E-state index in [0.29, 0.717) is 18.9 Å². The monoisotopic (exact) mass is 273 g/mol. The van der Waals surface area contributed by atoms with Gasteiger partial charge in [-0.15, -0.1) is 12.4 Å². The van der Waals surface area contributed by atoms with E-state index in [1.165, 1.54) is 11.1 Å². The van der Waals surface area contributed by atoms with E-state index >= 15 is 0 Å². The molecule has 2 aromatic rings. The summed E-state index contributed by atoms with van der Waals surface area (Å²) in [4.78, 5) is 13.5. The van der Waals surface area contributed by atoms with Crippen molar-refractivity contribution in [3.63, 3.8) is 0 Å². The zero-order valence-electron chi connectivity index (χ0n) is 10.5. The second-order valence-corrected chi connectivity index (χ2v) is 4.67. The molecular formula is C16H16ClNO.